The smallest absolute Gasteiger partial charge is 0.326 e. The third-order valence-electron chi connectivity index (χ3n) is 5.47. The van der Waals surface area contributed by atoms with Gasteiger partial charge in [0.2, 0.25) is 0 Å². The maximum atomic E-state index is 12.4. The number of carboxylic acids is 1. The van der Waals surface area contributed by atoms with Crippen LogP contribution in [0.3, 0.4) is 0 Å². The number of aliphatic carboxylic acids is 1. The molecule has 6 nitrogen and oxygen atoms in total. The Hall–Kier alpha value is -1.30. The molecular weight excluding hydrogens is 270 g/mol. The van der Waals surface area contributed by atoms with Gasteiger partial charge < -0.3 is 20.2 Å². The minimum absolute atomic E-state index is 0.187. The Bertz CT molecular complexity index is 414. The largest absolute Gasteiger partial charge is 0.480 e. The number of hydrogen-bond acceptors (Lipinski definition) is 3. The number of piperidine rings is 2. The molecule has 3 heterocycles. The van der Waals surface area contributed by atoms with Gasteiger partial charge in [-0.1, -0.05) is 6.42 Å². The number of urea groups is 1. The molecule has 0 spiro atoms. The fourth-order valence-corrected chi connectivity index (χ4v) is 4.26. The summed E-state index contributed by atoms with van der Waals surface area (Å²) < 4.78 is 0. The van der Waals surface area contributed by atoms with Crippen LogP contribution in [0.5, 0.6) is 0 Å². The summed E-state index contributed by atoms with van der Waals surface area (Å²) in [6.45, 7) is 0.558. The van der Waals surface area contributed by atoms with Gasteiger partial charge in [-0.3, -0.25) is 0 Å². The molecule has 2 N–H and O–H groups in total. The van der Waals surface area contributed by atoms with Crippen molar-refractivity contribution in [3.05, 3.63) is 0 Å². The zero-order valence-electron chi connectivity index (χ0n) is 12.6. The van der Waals surface area contributed by atoms with Crippen LogP contribution in [0.25, 0.3) is 0 Å². The molecule has 2 amide bonds. The summed E-state index contributed by atoms with van der Waals surface area (Å²) in [5.74, 6) is -0.886. The van der Waals surface area contributed by atoms with E-state index in [9.17, 15) is 14.7 Å². The highest BCUT2D eigenvalue weighted by Gasteiger charge is 2.39. The number of nitrogens with zero attached hydrogens (tertiary/aromatic N) is 2. The zero-order valence-corrected chi connectivity index (χ0v) is 12.6. The fourth-order valence-electron chi connectivity index (χ4n) is 4.26. The molecule has 3 fully saturated rings. The second-order valence-electron chi connectivity index (χ2n) is 6.71. The first-order valence-corrected chi connectivity index (χ1v) is 8.08. The molecule has 2 bridgehead atoms. The fraction of sp³-hybridized carbons (Fsp3) is 0.867. The predicted octanol–water partition coefficient (Wildman–Crippen LogP) is 1.26. The molecule has 0 aromatic carbocycles. The van der Waals surface area contributed by atoms with Crippen LogP contribution in [0.1, 0.15) is 44.9 Å². The van der Waals surface area contributed by atoms with Gasteiger partial charge in [-0.15, -0.1) is 0 Å². The van der Waals surface area contributed by atoms with E-state index in [1.165, 1.54) is 24.2 Å². The number of nitrogens with one attached hydrogen (secondary N) is 1. The zero-order chi connectivity index (χ0) is 15.0. The Kier molecular flexibility index (Phi) is 4.06. The normalized spacial score (nSPS) is 36.5. The molecule has 3 aliphatic heterocycles. The van der Waals surface area contributed by atoms with E-state index in [4.69, 9.17) is 0 Å². The average molecular weight is 295 g/mol. The molecule has 3 unspecified atom stereocenters. The first kappa shape index (κ1) is 14.6. The van der Waals surface area contributed by atoms with Crippen molar-refractivity contribution in [1.29, 1.82) is 0 Å². The summed E-state index contributed by atoms with van der Waals surface area (Å²) in [7, 11) is 2.19. The molecule has 3 aliphatic rings. The van der Waals surface area contributed by atoms with E-state index in [0.29, 0.717) is 25.0 Å². The lowest BCUT2D eigenvalue weighted by Gasteiger charge is -2.47. The van der Waals surface area contributed by atoms with E-state index in [1.807, 2.05) is 0 Å². The Labute approximate surface area is 125 Å². The van der Waals surface area contributed by atoms with Gasteiger partial charge in [-0.05, 0) is 45.6 Å². The topological polar surface area (TPSA) is 72.9 Å². The second-order valence-corrected chi connectivity index (χ2v) is 6.71. The summed E-state index contributed by atoms with van der Waals surface area (Å²) in [4.78, 5) is 27.5. The van der Waals surface area contributed by atoms with Crippen LogP contribution in [-0.2, 0) is 4.79 Å². The number of carbonyl (C=O) groups is 2. The van der Waals surface area contributed by atoms with Crippen molar-refractivity contribution in [2.75, 3.05) is 13.6 Å². The Balaban J connectivity index is 1.59. The highest BCUT2D eigenvalue weighted by atomic mass is 16.4. The molecule has 0 aromatic heterocycles. The Morgan fingerprint density at radius 2 is 1.76 bits per heavy atom. The van der Waals surface area contributed by atoms with Crippen molar-refractivity contribution < 1.29 is 14.7 Å². The third kappa shape index (κ3) is 2.86. The summed E-state index contributed by atoms with van der Waals surface area (Å²) >= 11 is 0. The van der Waals surface area contributed by atoms with Crippen LogP contribution in [0.15, 0.2) is 0 Å². The van der Waals surface area contributed by atoms with Gasteiger partial charge in [-0.25, -0.2) is 9.59 Å². The molecule has 3 saturated heterocycles. The Morgan fingerprint density at radius 1 is 1.10 bits per heavy atom. The molecule has 21 heavy (non-hydrogen) atoms. The first-order valence-electron chi connectivity index (χ1n) is 8.08. The van der Waals surface area contributed by atoms with Gasteiger partial charge in [0.25, 0.3) is 0 Å². The second kappa shape index (κ2) is 5.83. The Morgan fingerprint density at radius 3 is 2.38 bits per heavy atom. The number of rotatable bonds is 2. The maximum Gasteiger partial charge on any atom is 0.326 e. The van der Waals surface area contributed by atoms with E-state index in [-0.39, 0.29) is 12.1 Å². The van der Waals surface area contributed by atoms with Crippen LogP contribution in [0, 0.1) is 0 Å². The van der Waals surface area contributed by atoms with Crippen LogP contribution in [0.4, 0.5) is 4.79 Å². The van der Waals surface area contributed by atoms with Crippen LogP contribution in [0.2, 0.25) is 0 Å². The first-order chi connectivity index (χ1) is 10.1. The third-order valence-corrected chi connectivity index (χ3v) is 5.47. The molecule has 0 radical (unpaired) electrons. The highest BCUT2D eigenvalue weighted by molar-refractivity contribution is 5.83. The highest BCUT2D eigenvalue weighted by Crippen LogP contribution is 2.32. The van der Waals surface area contributed by atoms with Gasteiger partial charge >= 0.3 is 12.0 Å². The summed E-state index contributed by atoms with van der Waals surface area (Å²) in [6, 6.07) is 0.496. The molecule has 0 aliphatic carbocycles. The molecular formula is C15H25N3O3. The number of carbonyl (C=O) groups excluding carboxylic acids is 1. The van der Waals surface area contributed by atoms with Crippen LogP contribution < -0.4 is 5.32 Å². The van der Waals surface area contributed by atoms with E-state index in [1.54, 1.807) is 0 Å². The summed E-state index contributed by atoms with van der Waals surface area (Å²) in [5, 5.41) is 12.3. The molecule has 0 aromatic rings. The lowest BCUT2D eigenvalue weighted by Crippen LogP contribution is -2.57. The molecule has 3 rings (SSSR count). The lowest BCUT2D eigenvalue weighted by atomic mass is 9.82. The SMILES string of the molecule is CN1C2CCCC1CC(NC(=O)N1CCCC1C(=O)O)C2. The summed E-state index contributed by atoms with van der Waals surface area (Å²) in [6.07, 6.45) is 7.04. The number of likely N-dealkylation sites (tertiary alicyclic amines) is 1. The van der Waals surface area contributed by atoms with Crippen LogP contribution >= 0.6 is 0 Å². The average Bonchev–Trinajstić information content (AvgIpc) is 2.89. The number of amides is 2. The van der Waals surface area contributed by atoms with Gasteiger partial charge in [0, 0.05) is 24.7 Å². The van der Waals surface area contributed by atoms with E-state index in [0.717, 1.165) is 19.3 Å². The molecule has 3 atom stereocenters. The van der Waals surface area contributed by atoms with E-state index < -0.39 is 12.0 Å². The number of carboxylic acid groups (broad SMARTS) is 1. The number of hydrogen-bond donors (Lipinski definition) is 2. The summed E-state index contributed by atoms with van der Waals surface area (Å²) in [5.41, 5.74) is 0. The minimum Gasteiger partial charge on any atom is -0.480 e. The quantitative estimate of drug-likeness (QED) is 0.804. The molecule has 6 heteroatoms. The van der Waals surface area contributed by atoms with Crippen molar-refractivity contribution >= 4 is 12.0 Å². The predicted molar refractivity (Wildman–Crippen MR) is 78.1 cm³/mol. The lowest BCUT2D eigenvalue weighted by molar-refractivity contribution is -0.141. The molecule has 118 valence electrons. The van der Waals surface area contributed by atoms with Crippen molar-refractivity contribution in [2.24, 2.45) is 0 Å². The monoisotopic (exact) mass is 295 g/mol. The van der Waals surface area contributed by atoms with Gasteiger partial charge in [0.1, 0.15) is 6.04 Å². The minimum atomic E-state index is -0.886. The van der Waals surface area contributed by atoms with Gasteiger partial charge in [0.15, 0.2) is 0 Å². The van der Waals surface area contributed by atoms with E-state index in [2.05, 4.69) is 17.3 Å². The van der Waals surface area contributed by atoms with Crippen molar-refractivity contribution in [1.82, 2.24) is 15.1 Å². The van der Waals surface area contributed by atoms with Crippen molar-refractivity contribution in [3.8, 4) is 0 Å². The molecule has 0 saturated carbocycles. The number of fused-ring (bicyclic) bond motifs is 2. The van der Waals surface area contributed by atoms with Gasteiger partial charge in [0.05, 0.1) is 0 Å². The van der Waals surface area contributed by atoms with Gasteiger partial charge in [-0.2, -0.15) is 0 Å². The van der Waals surface area contributed by atoms with E-state index >= 15 is 0 Å². The standard InChI is InChI=1S/C15H25N3O3/c1-17-11-4-2-5-12(17)9-10(8-11)16-15(21)18-7-3-6-13(18)14(19)20/h10-13H,2-9H2,1H3,(H,16,21)(H,19,20). The van der Waals surface area contributed by atoms with Crippen LogP contribution in [-0.4, -0.2) is 64.7 Å². The maximum absolute atomic E-state index is 12.4. The van der Waals surface area contributed by atoms with Crippen molar-refractivity contribution in [2.45, 2.75) is 69.1 Å². The van der Waals surface area contributed by atoms with Crippen molar-refractivity contribution in [3.63, 3.8) is 0 Å².